The molecule has 0 aromatic heterocycles. The van der Waals surface area contributed by atoms with Gasteiger partial charge in [-0.05, 0) is 64.9 Å². The normalized spacial score (nSPS) is 12.2. The lowest BCUT2D eigenvalue weighted by molar-refractivity contribution is 0.749. The molecule has 2 aromatic rings. The zero-order chi connectivity index (χ0) is 13.8. The van der Waals surface area contributed by atoms with Crippen LogP contribution in [0, 0.1) is 3.57 Å². The van der Waals surface area contributed by atoms with E-state index in [4.69, 9.17) is 23.2 Å². The van der Waals surface area contributed by atoms with E-state index in [-0.39, 0.29) is 6.04 Å². The second kappa shape index (κ2) is 6.82. The number of halogens is 3. The Morgan fingerprint density at radius 2 is 1.79 bits per heavy atom. The predicted octanol–water partition coefficient (Wildman–Crippen LogP) is 6.16. The fourth-order valence-corrected chi connectivity index (χ4v) is 2.95. The van der Waals surface area contributed by atoms with Gasteiger partial charge in [-0.15, -0.1) is 0 Å². The third-order valence-corrected chi connectivity index (χ3v) is 4.18. The summed E-state index contributed by atoms with van der Waals surface area (Å²) in [6, 6.07) is 14.2. The molecule has 2 rings (SSSR count). The highest BCUT2D eigenvalue weighted by Crippen LogP contribution is 2.29. The lowest BCUT2D eigenvalue weighted by Gasteiger charge is -2.20. The largest absolute Gasteiger partial charge is 0.377 e. The molecule has 2 aromatic carbocycles. The maximum Gasteiger partial charge on any atom is 0.0648 e. The molecule has 19 heavy (non-hydrogen) atoms. The van der Waals surface area contributed by atoms with Gasteiger partial charge in [0.15, 0.2) is 0 Å². The van der Waals surface area contributed by atoms with E-state index in [1.807, 2.05) is 42.5 Å². The highest BCUT2D eigenvalue weighted by atomic mass is 127. The molecular weight excluding hydrogens is 392 g/mol. The van der Waals surface area contributed by atoms with Crippen molar-refractivity contribution in [2.75, 3.05) is 5.32 Å². The van der Waals surface area contributed by atoms with Crippen molar-refractivity contribution < 1.29 is 0 Å². The summed E-state index contributed by atoms with van der Waals surface area (Å²) in [5, 5.41) is 4.99. The van der Waals surface area contributed by atoms with Crippen LogP contribution in [-0.4, -0.2) is 0 Å². The molecule has 0 heterocycles. The van der Waals surface area contributed by atoms with Crippen molar-refractivity contribution >= 4 is 51.5 Å². The maximum atomic E-state index is 6.25. The first-order chi connectivity index (χ1) is 9.10. The molecule has 1 N–H and O–H groups in total. The van der Waals surface area contributed by atoms with Crippen molar-refractivity contribution in [2.24, 2.45) is 0 Å². The summed E-state index contributed by atoms with van der Waals surface area (Å²) < 4.78 is 1.13. The van der Waals surface area contributed by atoms with Crippen molar-refractivity contribution in [2.45, 2.75) is 19.4 Å². The van der Waals surface area contributed by atoms with Gasteiger partial charge in [-0.3, -0.25) is 0 Å². The zero-order valence-electron chi connectivity index (χ0n) is 10.5. The third kappa shape index (κ3) is 4.01. The fraction of sp³-hybridized carbons (Fsp3) is 0.200. The van der Waals surface area contributed by atoms with E-state index >= 15 is 0 Å². The van der Waals surface area contributed by atoms with Gasteiger partial charge in [0.2, 0.25) is 0 Å². The van der Waals surface area contributed by atoms with Crippen LogP contribution in [0.1, 0.15) is 24.9 Å². The van der Waals surface area contributed by atoms with E-state index in [0.29, 0.717) is 0 Å². The Morgan fingerprint density at radius 1 is 1.11 bits per heavy atom. The summed E-state index contributed by atoms with van der Waals surface area (Å²) in [6.07, 6.45) is 0.976. The van der Waals surface area contributed by atoms with Crippen LogP contribution in [0.2, 0.25) is 10.0 Å². The van der Waals surface area contributed by atoms with Gasteiger partial charge >= 0.3 is 0 Å². The van der Waals surface area contributed by atoms with Crippen molar-refractivity contribution in [3.8, 4) is 0 Å². The smallest absolute Gasteiger partial charge is 0.0648 e. The summed E-state index contributed by atoms with van der Waals surface area (Å²) in [5.41, 5.74) is 2.17. The highest BCUT2D eigenvalue weighted by Gasteiger charge is 2.11. The Hall–Kier alpha value is -0.450. The van der Waals surface area contributed by atoms with Crippen LogP contribution < -0.4 is 5.32 Å². The van der Waals surface area contributed by atoms with Crippen LogP contribution in [0.15, 0.2) is 42.5 Å². The number of benzene rings is 2. The monoisotopic (exact) mass is 405 g/mol. The van der Waals surface area contributed by atoms with Gasteiger partial charge in [-0.25, -0.2) is 0 Å². The standard InChI is InChI=1S/C15H14Cl2IN/c1-2-14(10-3-5-11(16)6-4-10)19-15-8-7-12(18)9-13(15)17/h3-9,14,19H,2H2,1H3. The van der Waals surface area contributed by atoms with Crippen molar-refractivity contribution in [1.82, 2.24) is 0 Å². The van der Waals surface area contributed by atoms with E-state index in [1.54, 1.807) is 0 Å². The minimum Gasteiger partial charge on any atom is -0.377 e. The van der Waals surface area contributed by atoms with Crippen molar-refractivity contribution in [3.63, 3.8) is 0 Å². The van der Waals surface area contributed by atoms with Gasteiger partial charge in [0.1, 0.15) is 0 Å². The highest BCUT2D eigenvalue weighted by molar-refractivity contribution is 14.1. The predicted molar refractivity (Wildman–Crippen MR) is 92.3 cm³/mol. The lowest BCUT2D eigenvalue weighted by atomic mass is 10.0. The summed E-state index contributed by atoms with van der Waals surface area (Å²) in [4.78, 5) is 0. The molecule has 0 saturated carbocycles. The van der Waals surface area contributed by atoms with Crippen LogP contribution in [0.3, 0.4) is 0 Å². The SMILES string of the molecule is CCC(Nc1ccc(I)cc1Cl)c1ccc(Cl)cc1. The first-order valence-corrected chi connectivity index (χ1v) is 7.90. The number of hydrogen-bond acceptors (Lipinski definition) is 1. The molecule has 0 saturated heterocycles. The molecule has 0 aliphatic rings. The molecule has 4 heteroatoms. The Bertz CT molecular complexity index is 555. The molecule has 100 valence electrons. The molecular formula is C15H14Cl2IN. The minimum absolute atomic E-state index is 0.231. The molecule has 0 amide bonds. The van der Waals surface area contributed by atoms with Gasteiger partial charge < -0.3 is 5.32 Å². The molecule has 0 spiro atoms. The fourth-order valence-electron chi connectivity index (χ4n) is 1.91. The molecule has 1 nitrogen and oxygen atoms in total. The van der Waals surface area contributed by atoms with Gasteiger partial charge in [0, 0.05) is 8.59 Å². The van der Waals surface area contributed by atoms with Gasteiger partial charge in [0.25, 0.3) is 0 Å². The second-order valence-corrected chi connectivity index (χ2v) is 6.37. The van der Waals surface area contributed by atoms with Crippen LogP contribution >= 0.6 is 45.8 Å². The van der Waals surface area contributed by atoms with E-state index in [0.717, 1.165) is 25.7 Å². The lowest BCUT2D eigenvalue weighted by Crippen LogP contribution is -2.09. The minimum atomic E-state index is 0.231. The summed E-state index contributed by atoms with van der Waals surface area (Å²) >= 11 is 14.4. The van der Waals surface area contributed by atoms with Gasteiger partial charge in [0.05, 0.1) is 16.8 Å². The molecule has 0 aliphatic carbocycles. The first-order valence-electron chi connectivity index (χ1n) is 6.07. The average Bonchev–Trinajstić information content (AvgIpc) is 2.39. The van der Waals surface area contributed by atoms with E-state index in [1.165, 1.54) is 5.56 Å². The summed E-state index contributed by atoms with van der Waals surface area (Å²) in [7, 11) is 0. The molecule has 0 fully saturated rings. The third-order valence-electron chi connectivity index (χ3n) is 2.94. The van der Waals surface area contributed by atoms with Crippen molar-refractivity contribution in [3.05, 3.63) is 61.6 Å². The average molecular weight is 406 g/mol. The number of anilines is 1. The van der Waals surface area contributed by atoms with Crippen LogP contribution in [0.25, 0.3) is 0 Å². The summed E-state index contributed by atoms with van der Waals surface area (Å²) in [5.74, 6) is 0. The van der Waals surface area contributed by atoms with Gasteiger partial charge in [-0.2, -0.15) is 0 Å². The van der Waals surface area contributed by atoms with E-state index in [9.17, 15) is 0 Å². The first kappa shape index (κ1) is 14.9. The Balaban J connectivity index is 2.21. The summed E-state index contributed by atoms with van der Waals surface area (Å²) in [6.45, 7) is 2.15. The second-order valence-electron chi connectivity index (χ2n) is 4.28. The van der Waals surface area contributed by atoms with E-state index < -0.39 is 0 Å². The topological polar surface area (TPSA) is 12.0 Å². The van der Waals surface area contributed by atoms with Gasteiger partial charge in [-0.1, -0.05) is 42.3 Å². The molecule has 0 bridgehead atoms. The Kier molecular flexibility index (Phi) is 5.37. The van der Waals surface area contributed by atoms with E-state index in [2.05, 4.69) is 34.8 Å². The Morgan fingerprint density at radius 3 is 2.37 bits per heavy atom. The van der Waals surface area contributed by atoms with Crippen molar-refractivity contribution in [1.29, 1.82) is 0 Å². The Labute approximate surface area is 137 Å². The maximum absolute atomic E-state index is 6.25. The molecule has 1 atom stereocenters. The van der Waals surface area contributed by atoms with Crippen LogP contribution in [0.5, 0.6) is 0 Å². The number of nitrogens with one attached hydrogen (secondary N) is 1. The molecule has 0 radical (unpaired) electrons. The number of rotatable bonds is 4. The number of hydrogen-bond donors (Lipinski definition) is 1. The quantitative estimate of drug-likeness (QED) is 0.600. The van der Waals surface area contributed by atoms with Crippen LogP contribution in [-0.2, 0) is 0 Å². The molecule has 1 unspecified atom stereocenters. The van der Waals surface area contributed by atoms with Crippen LogP contribution in [0.4, 0.5) is 5.69 Å². The zero-order valence-corrected chi connectivity index (χ0v) is 14.1. The molecule has 0 aliphatic heterocycles.